The minimum Gasteiger partial charge on any atom is -0.397 e. The van der Waals surface area contributed by atoms with Crippen LogP contribution in [0, 0.1) is 0 Å². The molecule has 0 aliphatic heterocycles. The van der Waals surface area contributed by atoms with Crippen molar-refractivity contribution in [2.24, 2.45) is 0 Å². The van der Waals surface area contributed by atoms with E-state index < -0.39 is 6.09 Å². The van der Waals surface area contributed by atoms with Crippen LogP contribution in [0.4, 0.5) is 10.5 Å². The maximum atomic E-state index is 11.3. The van der Waals surface area contributed by atoms with E-state index in [2.05, 4.69) is 10.3 Å². The lowest BCUT2D eigenvalue weighted by atomic mass is 10.3. The molecule has 0 aliphatic carbocycles. The number of hydrogen-bond acceptors (Lipinski definition) is 4. The molecule has 5 heteroatoms. The van der Waals surface area contributed by atoms with Crippen molar-refractivity contribution in [2.75, 3.05) is 5.32 Å². The Morgan fingerprint density at radius 3 is 2.80 bits per heavy atom. The van der Waals surface area contributed by atoms with Crippen molar-refractivity contribution in [2.45, 2.75) is 0 Å². The van der Waals surface area contributed by atoms with E-state index in [0.717, 1.165) is 0 Å². The summed E-state index contributed by atoms with van der Waals surface area (Å²) in [6.45, 7) is 0. The van der Waals surface area contributed by atoms with Gasteiger partial charge in [-0.05, 0) is 12.1 Å². The largest absolute Gasteiger partial charge is 0.417 e. The summed E-state index contributed by atoms with van der Waals surface area (Å²) in [6.07, 6.45) is 0.986. The number of thiazole rings is 1. The molecule has 76 valence electrons. The van der Waals surface area contributed by atoms with Crippen LogP contribution in [-0.2, 0) is 0 Å². The first-order chi connectivity index (χ1) is 7.34. The number of carbonyl (C=O) groups is 1. The SMILES string of the molecule is O=C(Nc1ccccc1)Oc1cncs1. The predicted octanol–water partition coefficient (Wildman–Crippen LogP) is 2.75. The highest BCUT2D eigenvalue weighted by atomic mass is 32.1. The van der Waals surface area contributed by atoms with Crippen molar-refractivity contribution in [3.63, 3.8) is 0 Å². The number of rotatable bonds is 2. The van der Waals surface area contributed by atoms with Crippen LogP contribution in [0.25, 0.3) is 0 Å². The van der Waals surface area contributed by atoms with E-state index in [-0.39, 0.29) is 0 Å². The predicted molar refractivity (Wildman–Crippen MR) is 58.2 cm³/mol. The fourth-order valence-electron chi connectivity index (χ4n) is 1.01. The molecule has 1 aromatic heterocycles. The number of amides is 1. The summed E-state index contributed by atoms with van der Waals surface area (Å²) >= 11 is 1.27. The van der Waals surface area contributed by atoms with E-state index in [0.29, 0.717) is 10.8 Å². The molecule has 1 aromatic carbocycles. The molecule has 15 heavy (non-hydrogen) atoms. The molecule has 2 rings (SSSR count). The Bertz CT molecular complexity index is 428. The van der Waals surface area contributed by atoms with E-state index >= 15 is 0 Å². The number of aromatic nitrogens is 1. The molecule has 0 radical (unpaired) electrons. The lowest BCUT2D eigenvalue weighted by molar-refractivity contribution is 0.216. The second-order valence-electron chi connectivity index (χ2n) is 2.70. The molecule has 1 N–H and O–H groups in total. The average Bonchev–Trinajstić information content (AvgIpc) is 2.71. The van der Waals surface area contributed by atoms with Gasteiger partial charge in [-0.1, -0.05) is 29.5 Å². The Balaban J connectivity index is 1.94. The van der Waals surface area contributed by atoms with Gasteiger partial charge in [0.05, 0.1) is 11.7 Å². The molecule has 0 bridgehead atoms. The normalized spacial score (nSPS) is 9.60. The van der Waals surface area contributed by atoms with Crippen LogP contribution in [0.15, 0.2) is 42.0 Å². The second kappa shape index (κ2) is 4.56. The zero-order valence-electron chi connectivity index (χ0n) is 7.71. The van der Waals surface area contributed by atoms with E-state index in [9.17, 15) is 4.79 Å². The molecular formula is C10H8N2O2S. The molecule has 0 atom stereocenters. The molecule has 1 heterocycles. The van der Waals surface area contributed by atoms with Crippen LogP contribution < -0.4 is 10.1 Å². The second-order valence-corrected chi connectivity index (χ2v) is 3.55. The first-order valence-corrected chi connectivity index (χ1v) is 5.15. The van der Waals surface area contributed by atoms with Crippen LogP contribution in [-0.4, -0.2) is 11.1 Å². The van der Waals surface area contributed by atoms with Gasteiger partial charge < -0.3 is 4.74 Å². The number of ether oxygens (including phenoxy) is 1. The third-order valence-corrected chi connectivity index (χ3v) is 2.27. The van der Waals surface area contributed by atoms with Crippen LogP contribution in [0.1, 0.15) is 0 Å². The average molecular weight is 220 g/mol. The van der Waals surface area contributed by atoms with Crippen molar-refractivity contribution in [3.8, 4) is 5.06 Å². The van der Waals surface area contributed by atoms with E-state index in [1.165, 1.54) is 17.5 Å². The molecule has 0 fully saturated rings. The molecule has 0 saturated heterocycles. The standard InChI is InChI=1S/C10H8N2O2S/c13-10(14-9-6-11-7-15-9)12-8-4-2-1-3-5-8/h1-7H,(H,12,13). The van der Waals surface area contributed by atoms with Crippen molar-refractivity contribution < 1.29 is 9.53 Å². The highest BCUT2D eigenvalue weighted by molar-refractivity contribution is 7.11. The van der Waals surface area contributed by atoms with Crippen LogP contribution >= 0.6 is 11.3 Å². The van der Waals surface area contributed by atoms with Crippen LogP contribution in [0.3, 0.4) is 0 Å². The maximum absolute atomic E-state index is 11.3. The summed E-state index contributed by atoms with van der Waals surface area (Å²) in [5.41, 5.74) is 2.30. The Morgan fingerprint density at radius 1 is 1.33 bits per heavy atom. The van der Waals surface area contributed by atoms with Crippen LogP contribution in [0.5, 0.6) is 5.06 Å². The highest BCUT2D eigenvalue weighted by Gasteiger charge is 2.05. The van der Waals surface area contributed by atoms with Crippen molar-refractivity contribution in [1.82, 2.24) is 4.98 Å². The monoisotopic (exact) mass is 220 g/mol. The third kappa shape index (κ3) is 2.78. The number of nitrogens with zero attached hydrogens (tertiary/aromatic N) is 1. The molecule has 2 aromatic rings. The lowest BCUT2D eigenvalue weighted by Crippen LogP contribution is -2.15. The van der Waals surface area contributed by atoms with E-state index in [1.54, 1.807) is 17.6 Å². The smallest absolute Gasteiger partial charge is 0.397 e. The summed E-state index contributed by atoms with van der Waals surface area (Å²) in [5.74, 6) is 0. The topological polar surface area (TPSA) is 51.2 Å². The summed E-state index contributed by atoms with van der Waals surface area (Å²) in [6, 6.07) is 9.12. The Labute approximate surface area is 90.5 Å². The number of anilines is 1. The van der Waals surface area contributed by atoms with Crippen molar-refractivity contribution >= 4 is 23.1 Å². The first kappa shape index (κ1) is 9.67. The van der Waals surface area contributed by atoms with Gasteiger partial charge in [0.25, 0.3) is 0 Å². The number of para-hydroxylation sites is 1. The molecular weight excluding hydrogens is 212 g/mol. The number of benzene rings is 1. The van der Waals surface area contributed by atoms with Gasteiger partial charge in [0, 0.05) is 5.69 Å². The zero-order chi connectivity index (χ0) is 10.5. The van der Waals surface area contributed by atoms with Crippen molar-refractivity contribution in [1.29, 1.82) is 0 Å². The van der Waals surface area contributed by atoms with Gasteiger partial charge in [0.1, 0.15) is 0 Å². The minimum absolute atomic E-state index is 0.475. The molecule has 1 amide bonds. The van der Waals surface area contributed by atoms with Gasteiger partial charge in [0.15, 0.2) is 0 Å². The molecule has 0 unspecified atom stereocenters. The minimum atomic E-state index is -0.509. The summed E-state index contributed by atoms with van der Waals surface area (Å²) in [4.78, 5) is 15.1. The fraction of sp³-hybridized carbons (Fsp3) is 0. The molecule has 0 saturated carbocycles. The summed E-state index contributed by atoms with van der Waals surface area (Å²) in [5, 5.41) is 3.07. The quantitative estimate of drug-likeness (QED) is 0.846. The Morgan fingerprint density at radius 2 is 2.13 bits per heavy atom. The molecule has 0 aliphatic rings. The summed E-state index contributed by atoms with van der Waals surface area (Å²) in [7, 11) is 0. The number of hydrogen-bond donors (Lipinski definition) is 1. The van der Waals surface area contributed by atoms with Gasteiger partial charge in [-0.15, -0.1) is 0 Å². The van der Waals surface area contributed by atoms with Crippen molar-refractivity contribution in [3.05, 3.63) is 42.0 Å². The highest BCUT2D eigenvalue weighted by Crippen LogP contribution is 2.16. The van der Waals surface area contributed by atoms with Gasteiger partial charge >= 0.3 is 6.09 Å². The van der Waals surface area contributed by atoms with Gasteiger partial charge in [0.2, 0.25) is 5.06 Å². The van der Waals surface area contributed by atoms with Gasteiger partial charge in [-0.3, -0.25) is 5.32 Å². The fourth-order valence-corrected chi connectivity index (χ4v) is 1.48. The van der Waals surface area contributed by atoms with E-state index in [4.69, 9.17) is 4.74 Å². The molecule has 0 spiro atoms. The number of carbonyl (C=O) groups excluding carboxylic acids is 1. The first-order valence-electron chi connectivity index (χ1n) is 4.27. The maximum Gasteiger partial charge on any atom is 0.417 e. The zero-order valence-corrected chi connectivity index (χ0v) is 8.53. The Kier molecular flexibility index (Phi) is 2.94. The Hall–Kier alpha value is -1.88. The third-order valence-electron chi connectivity index (χ3n) is 1.62. The molecule has 4 nitrogen and oxygen atoms in total. The lowest BCUT2D eigenvalue weighted by Gasteiger charge is -2.03. The van der Waals surface area contributed by atoms with Crippen LogP contribution in [0.2, 0.25) is 0 Å². The van der Waals surface area contributed by atoms with Gasteiger partial charge in [-0.25, -0.2) is 9.78 Å². The van der Waals surface area contributed by atoms with Gasteiger partial charge in [-0.2, -0.15) is 0 Å². The van der Waals surface area contributed by atoms with E-state index in [1.807, 2.05) is 18.2 Å². The summed E-state index contributed by atoms with van der Waals surface area (Å²) < 4.78 is 4.96. The number of nitrogens with one attached hydrogen (secondary N) is 1.